The van der Waals surface area contributed by atoms with Gasteiger partial charge in [0.05, 0.1) is 17.4 Å². The van der Waals surface area contributed by atoms with Gasteiger partial charge in [-0.1, -0.05) is 11.3 Å². The predicted octanol–water partition coefficient (Wildman–Crippen LogP) is 2.05. The summed E-state index contributed by atoms with van der Waals surface area (Å²) in [6, 6.07) is 0. The highest BCUT2D eigenvalue weighted by Gasteiger charge is 2.08. The van der Waals surface area contributed by atoms with Crippen molar-refractivity contribution in [2.45, 2.75) is 6.92 Å². The van der Waals surface area contributed by atoms with Crippen LogP contribution in [0.4, 0.5) is 0 Å². The molecular weight excluding hydrogens is 212 g/mol. The van der Waals surface area contributed by atoms with E-state index < -0.39 is 0 Å². The summed E-state index contributed by atoms with van der Waals surface area (Å²) in [4.78, 5) is 17.7. The third kappa shape index (κ3) is 1.39. The zero-order valence-corrected chi connectivity index (χ0v) is 8.65. The van der Waals surface area contributed by atoms with Crippen molar-refractivity contribution in [3.8, 4) is 11.6 Å². The molecule has 3 heterocycles. The summed E-state index contributed by atoms with van der Waals surface area (Å²) in [6.45, 7) is 1.93. The van der Waals surface area contributed by atoms with E-state index in [1.54, 1.807) is 12.4 Å². The molecular formula is C9H6N4OS. The van der Waals surface area contributed by atoms with Gasteiger partial charge in [-0.05, 0) is 6.92 Å². The van der Waals surface area contributed by atoms with Gasteiger partial charge in [0, 0.05) is 0 Å². The maximum Gasteiger partial charge on any atom is 0.246 e. The van der Waals surface area contributed by atoms with Crippen LogP contribution >= 0.6 is 11.3 Å². The lowest BCUT2D eigenvalue weighted by Crippen LogP contribution is -1.86. The second kappa shape index (κ2) is 3.09. The van der Waals surface area contributed by atoms with E-state index in [-0.39, 0.29) is 0 Å². The molecule has 0 N–H and O–H groups in total. The summed E-state index contributed by atoms with van der Waals surface area (Å²) >= 11 is 1.52. The molecule has 0 atom stereocenters. The summed E-state index contributed by atoms with van der Waals surface area (Å²) in [6.07, 6.45) is 4.73. The maximum atomic E-state index is 5.14. The lowest BCUT2D eigenvalue weighted by molar-refractivity contribution is 0.572. The van der Waals surface area contributed by atoms with Crippen LogP contribution in [0.2, 0.25) is 0 Å². The molecule has 3 rings (SSSR count). The number of oxazole rings is 1. The highest BCUT2D eigenvalue weighted by molar-refractivity contribution is 7.18. The summed E-state index contributed by atoms with van der Waals surface area (Å²) in [5.74, 6) is 0.468. The smallest absolute Gasteiger partial charge is 0.246 e. The molecule has 15 heavy (non-hydrogen) atoms. The number of hydrogen-bond donors (Lipinski definition) is 0. The zero-order valence-electron chi connectivity index (χ0n) is 7.84. The molecule has 0 aliphatic carbocycles. The Hall–Kier alpha value is -1.82. The van der Waals surface area contributed by atoms with E-state index in [4.69, 9.17) is 4.42 Å². The topological polar surface area (TPSA) is 64.7 Å². The molecule has 0 aromatic carbocycles. The minimum Gasteiger partial charge on any atom is -0.443 e. The van der Waals surface area contributed by atoms with Gasteiger partial charge in [0.15, 0.2) is 10.5 Å². The van der Waals surface area contributed by atoms with E-state index in [2.05, 4.69) is 19.9 Å². The monoisotopic (exact) mass is 218 g/mol. The molecule has 0 aliphatic heterocycles. The second-order valence-electron chi connectivity index (χ2n) is 2.95. The number of thiazole rings is 1. The number of nitrogens with zero attached hydrogens (tertiary/aromatic N) is 4. The third-order valence-corrected chi connectivity index (χ3v) is 2.75. The fraction of sp³-hybridized carbons (Fsp3) is 0.111. The Kier molecular flexibility index (Phi) is 1.75. The minimum atomic E-state index is 0.468. The van der Waals surface area contributed by atoms with E-state index in [1.807, 2.05) is 6.92 Å². The molecule has 0 bridgehead atoms. The van der Waals surface area contributed by atoms with Crippen molar-refractivity contribution in [1.82, 2.24) is 19.9 Å². The number of aromatic nitrogens is 4. The fourth-order valence-corrected chi connectivity index (χ4v) is 1.98. The second-order valence-corrected chi connectivity index (χ2v) is 4.14. The van der Waals surface area contributed by atoms with Crippen LogP contribution < -0.4 is 0 Å². The molecule has 0 saturated heterocycles. The Labute approximate surface area is 88.8 Å². The molecule has 0 aliphatic rings. The van der Waals surface area contributed by atoms with Gasteiger partial charge in [0.25, 0.3) is 0 Å². The van der Waals surface area contributed by atoms with E-state index in [9.17, 15) is 0 Å². The van der Waals surface area contributed by atoms with Crippen molar-refractivity contribution in [3.05, 3.63) is 23.7 Å². The number of hydrogen-bond acceptors (Lipinski definition) is 6. The predicted molar refractivity (Wildman–Crippen MR) is 55.4 cm³/mol. The SMILES string of the molecule is Cc1nc2nc(-c3ncco3)cnc2s1. The summed E-state index contributed by atoms with van der Waals surface area (Å²) < 4.78 is 5.14. The van der Waals surface area contributed by atoms with Crippen molar-refractivity contribution in [2.75, 3.05) is 0 Å². The fourth-order valence-electron chi connectivity index (χ4n) is 1.28. The Bertz CT molecular complexity index is 602. The Balaban J connectivity index is 2.21. The van der Waals surface area contributed by atoms with Crippen molar-refractivity contribution < 1.29 is 4.42 Å². The van der Waals surface area contributed by atoms with Gasteiger partial charge >= 0.3 is 0 Å². The average molecular weight is 218 g/mol. The molecule has 0 fully saturated rings. The Morgan fingerprint density at radius 3 is 3.00 bits per heavy atom. The zero-order chi connectivity index (χ0) is 10.3. The van der Waals surface area contributed by atoms with Crippen LogP contribution in [-0.4, -0.2) is 19.9 Å². The van der Waals surface area contributed by atoms with E-state index in [1.165, 1.54) is 17.6 Å². The lowest BCUT2D eigenvalue weighted by atomic mass is 10.4. The van der Waals surface area contributed by atoms with Gasteiger partial charge in [0.1, 0.15) is 12.0 Å². The molecule has 6 heteroatoms. The number of aryl methyl sites for hydroxylation is 1. The highest BCUT2D eigenvalue weighted by Crippen LogP contribution is 2.20. The first-order valence-corrected chi connectivity index (χ1v) is 5.14. The number of fused-ring (bicyclic) bond motifs is 1. The normalized spacial score (nSPS) is 11.0. The summed E-state index contributed by atoms with van der Waals surface area (Å²) in [5, 5.41) is 0.953. The largest absolute Gasteiger partial charge is 0.443 e. The molecule has 0 amide bonds. The van der Waals surface area contributed by atoms with E-state index in [0.29, 0.717) is 17.2 Å². The quantitative estimate of drug-likeness (QED) is 0.625. The van der Waals surface area contributed by atoms with Crippen LogP contribution in [0, 0.1) is 6.92 Å². The Morgan fingerprint density at radius 2 is 2.20 bits per heavy atom. The molecule has 3 aromatic heterocycles. The lowest BCUT2D eigenvalue weighted by Gasteiger charge is -1.92. The van der Waals surface area contributed by atoms with Gasteiger partial charge in [-0.25, -0.2) is 19.9 Å². The van der Waals surface area contributed by atoms with Crippen molar-refractivity contribution in [3.63, 3.8) is 0 Å². The molecule has 0 saturated carbocycles. The van der Waals surface area contributed by atoms with Crippen LogP contribution in [0.15, 0.2) is 23.1 Å². The van der Waals surface area contributed by atoms with Crippen LogP contribution in [0.1, 0.15) is 5.01 Å². The first-order valence-electron chi connectivity index (χ1n) is 4.33. The van der Waals surface area contributed by atoms with Crippen molar-refractivity contribution in [1.29, 1.82) is 0 Å². The van der Waals surface area contributed by atoms with Gasteiger partial charge in [-0.3, -0.25) is 0 Å². The van der Waals surface area contributed by atoms with Crippen LogP contribution in [-0.2, 0) is 0 Å². The first kappa shape index (κ1) is 8.49. The average Bonchev–Trinajstić information content (AvgIpc) is 2.82. The molecule has 3 aromatic rings. The molecule has 0 radical (unpaired) electrons. The van der Waals surface area contributed by atoms with Crippen LogP contribution in [0.25, 0.3) is 22.1 Å². The van der Waals surface area contributed by atoms with Crippen LogP contribution in [0.3, 0.4) is 0 Å². The van der Waals surface area contributed by atoms with Gasteiger partial charge < -0.3 is 4.42 Å². The maximum absolute atomic E-state index is 5.14. The molecule has 5 nitrogen and oxygen atoms in total. The number of rotatable bonds is 1. The van der Waals surface area contributed by atoms with E-state index >= 15 is 0 Å². The third-order valence-electron chi connectivity index (χ3n) is 1.88. The van der Waals surface area contributed by atoms with Gasteiger partial charge in [-0.2, -0.15) is 0 Å². The van der Waals surface area contributed by atoms with Gasteiger partial charge in [0.2, 0.25) is 5.89 Å². The van der Waals surface area contributed by atoms with Crippen molar-refractivity contribution >= 4 is 21.8 Å². The molecule has 0 spiro atoms. The first-order chi connectivity index (χ1) is 7.33. The standard InChI is InChI=1S/C9H6N4OS/c1-5-12-7-9(15-5)11-4-6(13-7)8-10-2-3-14-8/h2-4H,1H3. The summed E-state index contributed by atoms with van der Waals surface area (Å²) in [7, 11) is 0. The summed E-state index contributed by atoms with van der Waals surface area (Å²) in [5.41, 5.74) is 1.26. The Morgan fingerprint density at radius 1 is 1.27 bits per heavy atom. The molecule has 0 unspecified atom stereocenters. The minimum absolute atomic E-state index is 0.468. The van der Waals surface area contributed by atoms with Gasteiger partial charge in [-0.15, -0.1) is 0 Å². The molecule has 74 valence electrons. The van der Waals surface area contributed by atoms with Crippen LogP contribution in [0.5, 0.6) is 0 Å². The van der Waals surface area contributed by atoms with Crippen molar-refractivity contribution in [2.24, 2.45) is 0 Å². The van der Waals surface area contributed by atoms with E-state index in [0.717, 1.165) is 9.84 Å². The highest BCUT2D eigenvalue weighted by atomic mass is 32.1.